The molecule has 74 valence electrons. The predicted octanol–water partition coefficient (Wildman–Crippen LogP) is 1.89. The van der Waals surface area contributed by atoms with Gasteiger partial charge in [0.15, 0.2) is 12.6 Å². The first-order valence-electron chi connectivity index (χ1n) is 4.23. The van der Waals surface area contributed by atoms with E-state index in [1.165, 1.54) is 19.1 Å². The van der Waals surface area contributed by atoms with Crippen molar-refractivity contribution in [2.24, 2.45) is 0 Å². The summed E-state index contributed by atoms with van der Waals surface area (Å²) in [5, 5.41) is 0. The van der Waals surface area contributed by atoms with E-state index >= 15 is 0 Å². The first kappa shape index (κ1) is 9.15. The van der Waals surface area contributed by atoms with E-state index < -0.39 is 5.82 Å². The molecular formula is C10H9FO3. The van der Waals surface area contributed by atoms with Crippen molar-refractivity contribution in [3.63, 3.8) is 0 Å². The highest BCUT2D eigenvalue weighted by Crippen LogP contribution is 2.28. The third-order valence-corrected chi connectivity index (χ3v) is 2.12. The second-order valence-corrected chi connectivity index (χ2v) is 3.07. The summed E-state index contributed by atoms with van der Waals surface area (Å²) in [7, 11) is 0. The highest BCUT2D eigenvalue weighted by atomic mass is 19.1. The van der Waals surface area contributed by atoms with Crippen molar-refractivity contribution >= 4 is 5.78 Å². The first-order valence-corrected chi connectivity index (χ1v) is 4.23. The molecule has 4 heteroatoms. The summed E-state index contributed by atoms with van der Waals surface area (Å²) in [6, 6.07) is 2.75. The van der Waals surface area contributed by atoms with Crippen LogP contribution in [0.5, 0.6) is 5.75 Å². The molecule has 0 aliphatic carbocycles. The molecule has 1 aliphatic heterocycles. The summed E-state index contributed by atoms with van der Waals surface area (Å²) >= 11 is 0. The van der Waals surface area contributed by atoms with Gasteiger partial charge in [0.2, 0.25) is 0 Å². The van der Waals surface area contributed by atoms with E-state index in [9.17, 15) is 9.18 Å². The second kappa shape index (κ2) is 3.38. The Bertz CT molecular complexity index is 387. The van der Waals surface area contributed by atoms with Gasteiger partial charge in [0.25, 0.3) is 0 Å². The number of halogens is 1. The summed E-state index contributed by atoms with van der Waals surface area (Å²) in [6.45, 7) is 1.70. The standard InChI is InChI=1S/C10H9FO3/c1-6(12)10-7-4-13-5-14-9(7)3-2-8(10)11/h2-3H,4-5H2,1H3. The van der Waals surface area contributed by atoms with E-state index in [1.807, 2.05) is 0 Å². The molecule has 0 amide bonds. The summed E-state index contributed by atoms with van der Waals surface area (Å²) in [5.41, 5.74) is 0.575. The van der Waals surface area contributed by atoms with Crippen LogP contribution in [0.2, 0.25) is 0 Å². The molecule has 0 N–H and O–H groups in total. The Labute approximate surface area is 80.4 Å². The lowest BCUT2D eigenvalue weighted by atomic mass is 10.0. The van der Waals surface area contributed by atoms with Crippen LogP contribution in [0, 0.1) is 5.82 Å². The molecule has 0 fully saturated rings. The maximum Gasteiger partial charge on any atom is 0.189 e. The van der Waals surface area contributed by atoms with Gasteiger partial charge in [0.05, 0.1) is 12.2 Å². The summed E-state index contributed by atoms with van der Waals surface area (Å²) in [5.74, 6) is -0.304. The van der Waals surface area contributed by atoms with E-state index in [1.54, 1.807) is 0 Å². The molecule has 0 aromatic heterocycles. The molecule has 0 unspecified atom stereocenters. The molecule has 0 saturated carbocycles. The normalized spacial score (nSPS) is 14.4. The zero-order valence-corrected chi connectivity index (χ0v) is 7.67. The number of hydrogen-bond donors (Lipinski definition) is 0. The average molecular weight is 196 g/mol. The molecule has 0 atom stereocenters. The Morgan fingerprint density at radius 1 is 1.50 bits per heavy atom. The Hall–Kier alpha value is -1.42. The molecule has 1 aromatic carbocycles. The number of benzene rings is 1. The van der Waals surface area contributed by atoms with Crippen LogP contribution in [0.4, 0.5) is 4.39 Å². The molecule has 0 saturated heterocycles. The van der Waals surface area contributed by atoms with Crippen LogP contribution < -0.4 is 4.74 Å². The van der Waals surface area contributed by atoms with Crippen LogP contribution in [0.3, 0.4) is 0 Å². The van der Waals surface area contributed by atoms with E-state index in [-0.39, 0.29) is 24.7 Å². The van der Waals surface area contributed by atoms with Crippen LogP contribution in [0.25, 0.3) is 0 Å². The van der Waals surface area contributed by atoms with Crippen molar-refractivity contribution < 1.29 is 18.7 Å². The van der Waals surface area contributed by atoms with Gasteiger partial charge in [-0.1, -0.05) is 0 Å². The fourth-order valence-electron chi connectivity index (χ4n) is 1.51. The number of ketones is 1. The van der Waals surface area contributed by atoms with Gasteiger partial charge >= 0.3 is 0 Å². The van der Waals surface area contributed by atoms with Crippen LogP contribution in [0.1, 0.15) is 22.8 Å². The number of ether oxygens (including phenoxy) is 2. The fourth-order valence-corrected chi connectivity index (χ4v) is 1.51. The van der Waals surface area contributed by atoms with Crippen molar-refractivity contribution in [3.8, 4) is 5.75 Å². The number of hydrogen-bond acceptors (Lipinski definition) is 3. The van der Waals surface area contributed by atoms with Crippen molar-refractivity contribution in [3.05, 3.63) is 29.1 Å². The minimum Gasteiger partial charge on any atom is -0.467 e. The highest BCUT2D eigenvalue weighted by Gasteiger charge is 2.20. The fraction of sp³-hybridized carbons (Fsp3) is 0.300. The van der Waals surface area contributed by atoms with E-state index in [2.05, 4.69) is 0 Å². The molecule has 1 aliphatic rings. The van der Waals surface area contributed by atoms with Crippen LogP contribution in [-0.2, 0) is 11.3 Å². The molecule has 0 radical (unpaired) electrons. The minimum atomic E-state index is -0.523. The second-order valence-electron chi connectivity index (χ2n) is 3.07. The quantitative estimate of drug-likeness (QED) is 0.643. The summed E-state index contributed by atoms with van der Waals surface area (Å²) < 4.78 is 23.4. The van der Waals surface area contributed by atoms with Crippen molar-refractivity contribution in [2.45, 2.75) is 13.5 Å². The number of rotatable bonds is 1. The molecule has 0 bridgehead atoms. The van der Waals surface area contributed by atoms with Crippen molar-refractivity contribution in [2.75, 3.05) is 6.79 Å². The largest absolute Gasteiger partial charge is 0.467 e. The van der Waals surface area contributed by atoms with Gasteiger partial charge in [-0.3, -0.25) is 4.79 Å². The Kier molecular flexibility index (Phi) is 2.21. The SMILES string of the molecule is CC(=O)c1c(F)ccc2c1COCO2. The smallest absolute Gasteiger partial charge is 0.189 e. The van der Waals surface area contributed by atoms with E-state index in [0.717, 1.165) is 0 Å². The summed E-state index contributed by atoms with van der Waals surface area (Å²) in [4.78, 5) is 11.2. The lowest BCUT2D eigenvalue weighted by Gasteiger charge is -2.19. The molecule has 2 rings (SSSR count). The van der Waals surface area contributed by atoms with Crippen LogP contribution >= 0.6 is 0 Å². The molecule has 1 heterocycles. The molecule has 14 heavy (non-hydrogen) atoms. The van der Waals surface area contributed by atoms with Crippen LogP contribution in [0.15, 0.2) is 12.1 Å². The van der Waals surface area contributed by atoms with Gasteiger partial charge in [0.1, 0.15) is 11.6 Å². The zero-order chi connectivity index (χ0) is 10.1. The Morgan fingerprint density at radius 3 is 3.00 bits per heavy atom. The highest BCUT2D eigenvalue weighted by molar-refractivity contribution is 5.96. The lowest BCUT2D eigenvalue weighted by molar-refractivity contribution is -0.0169. The van der Waals surface area contributed by atoms with Crippen LogP contribution in [-0.4, -0.2) is 12.6 Å². The van der Waals surface area contributed by atoms with Gasteiger partial charge in [-0.15, -0.1) is 0 Å². The van der Waals surface area contributed by atoms with Crippen molar-refractivity contribution in [1.82, 2.24) is 0 Å². The lowest BCUT2D eigenvalue weighted by Crippen LogP contribution is -2.15. The Balaban J connectivity index is 2.60. The van der Waals surface area contributed by atoms with Gasteiger partial charge in [0, 0.05) is 5.56 Å². The van der Waals surface area contributed by atoms with Gasteiger partial charge in [-0.2, -0.15) is 0 Å². The number of Topliss-reactive ketones (excluding diaryl/α,β-unsaturated/α-hetero) is 1. The third kappa shape index (κ3) is 1.37. The third-order valence-electron chi connectivity index (χ3n) is 2.12. The van der Waals surface area contributed by atoms with Gasteiger partial charge < -0.3 is 9.47 Å². The first-order chi connectivity index (χ1) is 6.70. The monoisotopic (exact) mass is 196 g/mol. The van der Waals surface area contributed by atoms with E-state index in [4.69, 9.17) is 9.47 Å². The predicted molar refractivity (Wildman–Crippen MR) is 46.7 cm³/mol. The minimum absolute atomic E-state index is 0.0715. The molecule has 3 nitrogen and oxygen atoms in total. The Morgan fingerprint density at radius 2 is 2.29 bits per heavy atom. The van der Waals surface area contributed by atoms with E-state index in [0.29, 0.717) is 11.3 Å². The zero-order valence-electron chi connectivity index (χ0n) is 7.67. The summed E-state index contributed by atoms with van der Waals surface area (Å²) in [6.07, 6.45) is 0. The molecule has 1 aromatic rings. The number of carbonyl (C=O) groups excluding carboxylic acids is 1. The topological polar surface area (TPSA) is 35.5 Å². The number of carbonyl (C=O) groups is 1. The maximum atomic E-state index is 13.3. The number of fused-ring (bicyclic) bond motifs is 1. The van der Waals surface area contributed by atoms with Gasteiger partial charge in [-0.05, 0) is 19.1 Å². The molecular weight excluding hydrogens is 187 g/mol. The average Bonchev–Trinajstić information content (AvgIpc) is 2.17. The van der Waals surface area contributed by atoms with Crippen molar-refractivity contribution in [1.29, 1.82) is 0 Å². The van der Waals surface area contributed by atoms with Gasteiger partial charge in [-0.25, -0.2) is 4.39 Å². The maximum absolute atomic E-state index is 13.3. The molecule has 0 spiro atoms.